The molecule has 0 aliphatic rings. The highest BCUT2D eigenvalue weighted by molar-refractivity contribution is 8.76. The predicted molar refractivity (Wildman–Crippen MR) is 73.5 cm³/mol. The van der Waals surface area contributed by atoms with Crippen molar-refractivity contribution in [3.63, 3.8) is 0 Å². The fourth-order valence-electron chi connectivity index (χ4n) is 0.841. The second-order valence-corrected chi connectivity index (χ2v) is 5.14. The summed E-state index contributed by atoms with van der Waals surface area (Å²) in [5, 5.41) is 0. The zero-order valence-corrected chi connectivity index (χ0v) is 10.5. The van der Waals surface area contributed by atoms with Crippen molar-refractivity contribution in [1.82, 2.24) is 9.97 Å². The number of hydrogen-bond donors (Lipinski definition) is 1. The van der Waals surface area contributed by atoms with Gasteiger partial charge in [-0.15, -0.1) is 6.58 Å². The smallest absolute Gasteiger partial charge is 0.0919 e. The summed E-state index contributed by atoms with van der Waals surface area (Å²) < 4.78 is 0. The Labute approximate surface area is 104 Å². The van der Waals surface area contributed by atoms with Crippen LogP contribution in [0.15, 0.2) is 66.6 Å². The maximum atomic E-state index is 3.67. The Kier molecular flexibility index (Phi) is 7.38. The summed E-state index contributed by atoms with van der Waals surface area (Å²) in [7, 11) is 3.60. The molecule has 0 spiro atoms. The number of nitrogens with one attached hydrogen (secondary N) is 1. The van der Waals surface area contributed by atoms with Crippen LogP contribution in [0, 0.1) is 0 Å². The molecular formula is C12H14N2S2. The van der Waals surface area contributed by atoms with E-state index in [2.05, 4.69) is 40.8 Å². The number of nitrogens with zero attached hydrogens (tertiary/aromatic N) is 1. The van der Waals surface area contributed by atoms with Crippen molar-refractivity contribution >= 4 is 21.6 Å². The summed E-state index contributed by atoms with van der Waals surface area (Å²) in [6.45, 7) is 3.66. The molecule has 2 aromatic rings. The molecular weight excluding hydrogens is 236 g/mol. The molecule has 16 heavy (non-hydrogen) atoms. The lowest BCUT2D eigenvalue weighted by molar-refractivity contribution is 1.31. The van der Waals surface area contributed by atoms with Crippen molar-refractivity contribution in [2.45, 2.75) is 4.90 Å². The third-order valence-corrected chi connectivity index (χ3v) is 3.78. The highest BCUT2D eigenvalue weighted by Crippen LogP contribution is 2.30. The predicted octanol–water partition coefficient (Wildman–Crippen LogP) is 4.02. The minimum atomic E-state index is 1.000. The van der Waals surface area contributed by atoms with Gasteiger partial charge >= 0.3 is 0 Å². The highest BCUT2D eigenvalue weighted by Gasteiger charge is 1.89. The van der Waals surface area contributed by atoms with Gasteiger partial charge in [0, 0.05) is 23.0 Å². The first-order chi connectivity index (χ1) is 7.93. The minimum absolute atomic E-state index is 1.000. The van der Waals surface area contributed by atoms with Crippen LogP contribution in [0.5, 0.6) is 0 Å². The lowest BCUT2D eigenvalue weighted by Gasteiger charge is -1.95. The average Bonchev–Trinajstić information content (AvgIpc) is 2.90. The molecule has 0 saturated carbocycles. The Morgan fingerprint density at radius 2 is 2.12 bits per heavy atom. The second kappa shape index (κ2) is 9.12. The fraction of sp³-hybridized carbons (Fsp3) is 0.0833. The molecule has 0 bridgehead atoms. The summed E-state index contributed by atoms with van der Waals surface area (Å²) in [6.07, 6.45) is 7.00. The molecule has 4 heteroatoms. The van der Waals surface area contributed by atoms with E-state index in [1.165, 1.54) is 4.90 Å². The summed E-state index contributed by atoms with van der Waals surface area (Å²) >= 11 is 0. The first kappa shape index (κ1) is 12.9. The highest BCUT2D eigenvalue weighted by atomic mass is 33.1. The first-order valence-corrected chi connectivity index (χ1v) is 7.13. The van der Waals surface area contributed by atoms with Gasteiger partial charge in [-0.3, -0.25) is 0 Å². The van der Waals surface area contributed by atoms with Crippen molar-refractivity contribution in [1.29, 1.82) is 0 Å². The molecule has 2 nitrogen and oxygen atoms in total. The molecule has 0 aliphatic carbocycles. The van der Waals surface area contributed by atoms with Crippen molar-refractivity contribution in [3.05, 3.63) is 61.7 Å². The molecule has 0 fully saturated rings. The van der Waals surface area contributed by atoms with Crippen LogP contribution in [0.1, 0.15) is 0 Å². The van der Waals surface area contributed by atoms with Crippen LogP contribution in [0.4, 0.5) is 0 Å². The topological polar surface area (TPSA) is 28.7 Å². The van der Waals surface area contributed by atoms with E-state index in [9.17, 15) is 0 Å². The van der Waals surface area contributed by atoms with Crippen molar-refractivity contribution in [2.75, 3.05) is 5.75 Å². The van der Waals surface area contributed by atoms with Crippen LogP contribution in [0.3, 0.4) is 0 Å². The van der Waals surface area contributed by atoms with Crippen molar-refractivity contribution in [2.24, 2.45) is 0 Å². The maximum absolute atomic E-state index is 3.67. The number of hydrogen-bond acceptors (Lipinski definition) is 3. The molecule has 0 unspecified atom stereocenters. The van der Waals surface area contributed by atoms with E-state index in [0.717, 1.165) is 5.75 Å². The van der Waals surface area contributed by atoms with E-state index >= 15 is 0 Å². The summed E-state index contributed by atoms with van der Waals surface area (Å²) in [4.78, 5) is 7.72. The third kappa shape index (κ3) is 6.37. The third-order valence-electron chi connectivity index (χ3n) is 1.49. The molecule has 1 N–H and O–H groups in total. The van der Waals surface area contributed by atoms with Gasteiger partial charge in [-0.05, 0) is 12.1 Å². The molecule has 84 valence electrons. The van der Waals surface area contributed by atoms with Gasteiger partial charge in [-0.2, -0.15) is 0 Å². The molecule has 1 aromatic heterocycles. The normalized spacial score (nSPS) is 9.00. The van der Waals surface area contributed by atoms with Crippen LogP contribution >= 0.6 is 21.6 Å². The Hall–Kier alpha value is -1.13. The number of imidazole rings is 1. The number of benzene rings is 1. The van der Waals surface area contributed by atoms with Gasteiger partial charge in [0.25, 0.3) is 0 Å². The number of rotatable bonds is 4. The molecule has 2 rings (SSSR count). The van der Waals surface area contributed by atoms with Gasteiger partial charge in [0.1, 0.15) is 0 Å². The Bertz CT molecular complexity index is 343. The van der Waals surface area contributed by atoms with E-state index < -0.39 is 0 Å². The molecule has 0 aliphatic heterocycles. The minimum Gasteiger partial charge on any atom is -0.351 e. The monoisotopic (exact) mass is 250 g/mol. The second-order valence-electron chi connectivity index (χ2n) is 2.73. The van der Waals surface area contributed by atoms with E-state index in [1.54, 1.807) is 40.3 Å². The van der Waals surface area contributed by atoms with Crippen LogP contribution < -0.4 is 0 Å². The molecule has 0 saturated heterocycles. The molecule has 0 amide bonds. The van der Waals surface area contributed by atoms with Crippen molar-refractivity contribution in [3.8, 4) is 0 Å². The van der Waals surface area contributed by atoms with Gasteiger partial charge in [0.15, 0.2) is 0 Å². The maximum Gasteiger partial charge on any atom is 0.0919 e. The number of H-pyrrole nitrogens is 1. The standard InChI is InChI=1S/C9H10S2.C3H4N2/c1-2-8-10-11-9-6-4-3-5-7-9;1-2-5-3-4-1/h2-7H,1,8H2;1-3H,(H,4,5). The summed E-state index contributed by atoms with van der Waals surface area (Å²) in [5.74, 6) is 1.000. The van der Waals surface area contributed by atoms with Crippen LogP contribution in [-0.2, 0) is 0 Å². The molecule has 0 radical (unpaired) electrons. The van der Waals surface area contributed by atoms with Crippen LogP contribution in [0.2, 0.25) is 0 Å². The van der Waals surface area contributed by atoms with Gasteiger partial charge < -0.3 is 4.98 Å². The number of aromatic amines is 1. The SMILES string of the molecule is C=CCSSc1ccccc1.c1c[nH]cn1. The van der Waals surface area contributed by atoms with Crippen LogP contribution in [-0.4, -0.2) is 15.7 Å². The summed E-state index contributed by atoms with van der Waals surface area (Å²) in [5.41, 5.74) is 0. The van der Waals surface area contributed by atoms with Gasteiger partial charge in [0.05, 0.1) is 6.33 Å². The Morgan fingerprint density at radius 1 is 1.31 bits per heavy atom. The van der Waals surface area contributed by atoms with E-state index in [-0.39, 0.29) is 0 Å². The zero-order valence-electron chi connectivity index (χ0n) is 8.87. The quantitative estimate of drug-likeness (QED) is 0.504. The van der Waals surface area contributed by atoms with Gasteiger partial charge in [-0.1, -0.05) is 45.9 Å². The summed E-state index contributed by atoms with van der Waals surface area (Å²) in [6, 6.07) is 10.4. The zero-order chi connectivity index (χ0) is 11.5. The van der Waals surface area contributed by atoms with Crippen molar-refractivity contribution < 1.29 is 0 Å². The average molecular weight is 250 g/mol. The van der Waals surface area contributed by atoms with E-state index in [0.29, 0.717) is 0 Å². The molecule has 0 atom stereocenters. The lowest BCUT2D eigenvalue weighted by Crippen LogP contribution is -1.66. The molecule has 1 aromatic carbocycles. The first-order valence-electron chi connectivity index (χ1n) is 4.81. The van der Waals surface area contributed by atoms with Gasteiger partial charge in [-0.25, -0.2) is 4.98 Å². The lowest BCUT2D eigenvalue weighted by atomic mass is 10.4. The Morgan fingerprint density at radius 3 is 2.62 bits per heavy atom. The Balaban J connectivity index is 0.000000212. The van der Waals surface area contributed by atoms with Crippen LogP contribution in [0.25, 0.3) is 0 Å². The van der Waals surface area contributed by atoms with E-state index in [4.69, 9.17) is 0 Å². The van der Waals surface area contributed by atoms with E-state index in [1.807, 2.05) is 12.1 Å². The number of aromatic nitrogens is 2. The fourth-order valence-corrected chi connectivity index (χ4v) is 2.64. The molecule has 1 heterocycles. The van der Waals surface area contributed by atoms with Gasteiger partial charge in [0.2, 0.25) is 0 Å². The largest absolute Gasteiger partial charge is 0.351 e.